The van der Waals surface area contributed by atoms with Gasteiger partial charge in [0.25, 0.3) is 5.56 Å². The second kappa shape index (κ2) is 15.1. The van der Waals surface area contributed by atoms with Gasteiger partial charge < -0.3 is 25.2 Å². The fourth-order valence-electron chi connectivity index (χ4n) is 6.25. The van der Waals surface area contributed by atoms with E-state index in [-0.39, 0.29) is 36.6 Å². The number of aromatic nitrogens is 3. The van der Waals surface area contributed by atoms with Gasteiger partial charge >= 0.3 is 6.09 Å². The Labute approximate surface area is 303 Å². The number of nitrogens with zero attached hydrogens (tertiary/aromatic N) is 5. The fourth-order valence-corrected chi connectivity index (χ4v) is 6.91. The molecule has 2 aromatic carbocycles. The molecule has 1 aliphatic heterocycles. The topological polar surface area (TPSA) is 150 Å². The Bertz CT molecular complexity index is 2190. The van der Waals surface area contributed by atoms with Crippen LogP contribution in [0.1, 0.15) is 30.9 Å². The highest BCUT2D eigenvalue weighted by Gasteiger charge is 2.25. The molecule has 264 valence electrons. The molecular weight excluding hydrogens is 695 g/mol. The van der Waals surface area contributed by atoms with Crippen LogP contribution in [-0.4, -0.2) is 79.4 Å². The van der Waals surface area contributed by atoms with Crippen molar-refractivity contribution in [1.82, 2.24) is 29.5 Å². The van der Waals surface area contributed by atoms with Gasteiger partial charge in [-0.25, -0.2) is 14.8 Å². The highest BCUT2D eigenvalue weighted by molar-refractivity contribution is 6.39. The third-order valence-electron chi connectivity index (χ3n) is 8.83. The SMILES string of the molecule is COc1nc(-c2cccc(-c3cccc(-c4ccn5c(=O)c(CN(C)[C@H]6CCC(=O)N6)cnc5c4)c3Cl)c2Cl)ccc1CN(C[C@@H](C)O)C(=O)O. The predicted molar refractivity (Wildman–Crippen MR) is 195 cm³/mol. The van der Waals surface area contributed by atoms with Crippen LogP contribution in [0.5, 0.6) is 5.88 Å². The third kappa shape index (κ3) is 7.54. The Morgan fingerprint density at radius 2 is 1.71 bits per heavy atom. The average molecular weight is 732 g/mol. The molecule has 0 saturated carbocycles. The van der Waals surface area contributed by atoms with Crippen LogP contribution < -0.4 is 15.6 Å². The van der Waals surface area contributed by atoms with Crippen molar-refractivity contribution in [3.8, 4) is 39.4 Å². The standard InChI is InChI=1S/C37H36Cl2N6O6/c1-21(46)18-44(37(49)50)20-23-10-11-29(41-35(23)51-3)28-9-5-8-27(34(28)39)26-7-4-6-25(33(26)38)22-14-15-45-31(16-22)40-17-24(36(45)48)19-43(2)30-12-13-32(47)42-30/h4-11,14-17,21,30,46H,12-13,18-20H2,1-3H3,(H,42,47)(H,49,50)/t21-,30+/m1/s1. The van der Waals surface area contributed by atoms with E-state index in [2.05, 4.69) is 15.3 Å². The van der Waals surface area contributed by atoms with Crippen molar-refractivity contribution in [1.29, 1.82) is 0 Å². The molecule has 12 nitrogen and oxygen atoms in total. The van der Waals surface area contributed by atoms with Gasteiger partial charge in [0.15, 0.2) is 0 Å². The normalized spacial score (nSPS) is 14.9. The first-order chi connectivity index (χ1) is 24.4. The van der Waals surface area contributed by atoms with Crippen LogP contribution in [-0.2, 0) is 17.9 Å². The van der Waals surface area contributed by atoms with Crippen molar-refractivity contribution in [3.05, 3.63) is 105 Å². The maximum Gasteiger partial charge on any atom is 0.407 e. The summed E-state index contributed by atoms with van der Waals surface area (Å²) < 4.78 is 7.01. The molecule has 1 aliphatic rings. The number of carboxylic acid groups (broad SMARTS) is 1. The summed E-state index contributed by atoms with van der Waals surface area (Å²) in [5, 5.41) is 23.1. The van der Waals surface area contributed by atoms with Crippen molar-refractivity contribution < 1.29 is 24.5 Å². The van der Waals surface area contributed by atoms with Crippen molar-refractivity contribution in [2.75, 3.05) is 20.7 Å². The van der Waals surface area contributed by atoms with Gasteiger partial charge in [-0.2, -0.15) is 0 Å². The molecule has 5 aromatic rings. The minimum Gasteiger partial charge on any atom is -0.481 e. The fraction of sp³-hybridized carbons (Fsp3) is 0.270. The van der Waals surface area contributed by atoms with Crippen molar-refractivity contribution >= 4 is 40.8 Å². The Hall–Kier alpha value is -5.01. The molecule has 0 spiro atoms. The Morgan fingerprint density at radius 3 is 2.35 bits per heavy atom. The van der Waals surface area contributed by atoms with E-state index in [0.29, 0.717) is 68.6 Å². The maximum absolute atomic E-state index is 13.4. The van der Waals surface area contributed by atoms with E-state index in [1.807, 2.05) is 54.4 Å². The minimum atomic E-state index is -1.17. The molecule has 3 N–H and O–H groups in total. The number of rotatable bonds is 11. The van der Waals surface area contributed by atoms with Gasteiger partial charge in [-0.3, -0.25) is 18.9 Å². The molecule has 2 amide bonds. The second-order valence-corrected chi connectivity index (χ2v) is 13.2. The van der Waals surface area contributed by atoms with Crippen LogP contribution in [0.25, 0.3) is 39.2 Å². The lowest BCUT2D eigenvalue weighted by molar-refractivity contribution is -0.119. The van der Waals surface area contributed by atoms with Crippen molar-refractivity contribution in [2.24, 2.45) is 0 Å². The molecule has 51 heavy (non-hydrogen) atoms. The summed E-state index contributed by atoms with van der Waals surface area (Å²) in [6, 6.07) is 18.2. The largest absolute Gasteiger partial charge is 0.481 e. The van der Waals surface area contributed by atoms with Gasteiger partial charge in [-0.1, -0.05) is 59.6 Å². The number of nitrogens with one attached hydrogen (secondary N) is 1. The number of aliphatic hydroxyl groups is 1. The van der Waals surface area contributed by atoms with Gasteiger partial charge in [0.05, 0.1) is 53.8 Å². The monoisotopic (exact) mass is 730 g/mol. The zero-order valence-corrected chi connectivity index (χ0v) is 29.6. The summed E-state index contributed by atoms with van der Waals surface area (Å²) in [7, 11) is 3.32. The van der Waals surface area contributed by atoms with Gasteiger partial charge in [-0.15, -0.1) is 0 Å². The number of hydrogen-bond acceptors (Lipinski definition) is 8. The number of fused-ring (bicyclic) bond motifs is 1. The van der Waals surface area contributed by atoms with E-state index >= 15 is 0 Å². The number of aliphatic hydroxyl groups excluding tert-OH is 1. The van der Waals surface area contributed by atoms with Gasteiger partial charge in [0.1, 0.15) is 5.65 Å². The molecule has 1 fully saturated rings. The second-order valence-electron chi connectivity index (χ2n) is 12.5. The molecule has 14 heteroatoms. The zero-order valence-electron chi connectivity index (χ0n) is 28.1. The number of amides is 2. The first-order valence-electron chi connectivity index (χ1n) is 16.2. The smallest absolute Gasteiger partial charge is 0.407 e. The summed E-state index contributed by atoms with van der Waals surface area (Å²) in [4.78, 5) is 49.0. The summed E-state index contributed by atoms with van der Waals surface area (Å²) >= 11 is 14.1. The number of carbonyl (C=O) groups excluding carboxylic acids is 1. The maximum atomic E-state index is 13.4. The van der Waals surface area contributed by atoms with E-state index in [4.69, 9.17) is 27.9 Å². The minimum absolute atomic E-state index is 0.00606. The van der Waals surface area contributed by atoms with Crippen LogP contribution in [0.2, 0.25) is 10.0 Å². The molecule has 1 saturated heterocycles. The Kier molecular flexibility index (Phi) is 10.6. The summed E-state index contributed by atoms with van der Waals surface area (Å²) in [6.07, 6.45) is 2.29. The summed E-state index contributed by atoms with van der Waals surface area (Å²) in [5.41, 5.74) is 5.27. The molecule has 6 rings (SSSR count). The van der Waals surface area contributed by atoms with Crippen molar-refractivity contribution in [2.45, 2.75) is 45.1 Å². The van der Waals surface area contributed by atoms with Crippen molar-refractivity contribution in [3.63, 3.8) is 0 Å². The first-order valence-corrected chi connectivity index (χ1v) is 17.0. The lowest BCUT2D eigenvalue weighted by Gasteiger charge is -2.23. The van der Waals surface area contributed by atoms with E-state index in [1.165, 1.54) is 18.4 Å². The lowest BCUT2D eigenvalue weighted by atomic mass is 9.97. The number of benzene rings is 2. The van der Waals surface area contributed by atoms with Crippen LogP contribution in [0.15, 0.2) is 77.9 Å². The van der Waals surface area contributed by atoms with E-state index in [0.717, 1.165) is 16.0 Å². The molecule has 0 radical (unpaired) electrons. The number of hydrogen-bond donors (Lipinski definition) is 3. The van der Waals surface area contributed by atoms with Crippen LogP contribution in [0.4, 0.5) is 4.79 Å². The molecule has 2 atom stereocenters. The number of methoxy groups -OCH3 is 1. The van der Waals surface area contributed by atoms with Crippen LogP contribution in [0, 0.1) is 0 Å². The van der Waals surface area contributed by atoms with E-state index in [1.54, 1.807) is 30.6 Å². The number of ether oxygens (including phenoxy) is 1. The predicted octanol–water partition coefficient (Wildman–Crippen LogP) is 5.93. The lowest BCUT2D eigenvalue weighted by Crippen LogP contribution is -2.41. The molecule has 0 aliphatic carbocycles. The third-order valence-corrected chi connectivity index (χ3v) is 9.64. The first kappa shape index (κ1) is 35.8. The summed E-state index contributed by atoms with van der Waals surface area (Å²) in [5.74, 6) is 0.239. The van der Waals surface area contributed by atoms with Crippen LogP contribution in [0.3, 0.4) is 0 Å². The van der Waals surface area contributed by atoms with Gasteiger partial charge in [0.2, 0.25) is 11.8 Å². The molecular formula is C37H36Cl2N6O6. The Balaban J connectivity index is 1.29. The van der Waals surface area contributed by atoms with E-state index < -0.39 is 12.2 Å². The number of carbonyl (C=O) groups is 2. The molecule has 0 bridgehead atoms. The highest BCUT2D eigenvalue weighted by Crippen LogP contribution is 2.42. The van der Waals surface area contributed by atoms with E-state index in [9.17, 15) is 24.6 Å². The Morgan fingerprint density at radius 1 is 1.02 bits per heavy atom. The van der Waals surface area contributed by atoms with Gasteiger partial charge in [0, 0.05) is 53.2 Å². The zero-order chi connectivity index (χ0) is 36.4. The summed E-state index contributed by atoms with van der Waals surface area (Å²) in [6.45, 7) is 1.77. The van der Waals surface area contributed by atoms with Crippen LogP contribution >= 0.6 is 23.2 Å². The highest BCUT2D eigenvalue weighted by atomic mass is 35.5. The average Bonchev–Trinajstić information content (AvgIpc) is 3.55. The molecule has 3 aromatic heterocycles. The number of pyridine rings is 2. The number of halogens is 2. The van der Waals surface area contributed by atoms with Gasteiger partial charge in [-0.05, 0) is 50.2 Å². The molecule has 4 heterocycles. The quantitative estimate of drug-likeness (QED) is 0.150. The molecule has 0 unspecified atom stereocenters.